The highest BCUT2D eigenvalue weighted by Crippen LogP contribution is 2.35. The molecule has 1 N–H and O–H groups in total. The molecule has 1 aromatic carbocycles. The minimum atomic E-state index is -0.378. The monoisotopic (exact) mass is 515 g/mol. The number of aryl methyl sites for hydroxylation is 1. The van der Waals surface area contributed by atoms with Crippen molar-refractivity contribution in [3.63, 3.8) is 0 Å². The number of ether oxygens (including phenoxy) is 1. The number of fused-ring (bicyclic) bond motifs is 1. The van der Waals surface area contributed by atoms with Crippen LogP contribution < -0.4 is 10.2 Å². The van der Waals surface area contributed by atoms with Crippen molar-refractivity contribution in [2.45, 2.75) is 57.8 Å². The van der Waals surface area contributed by atoms with E-state index < -0.39 is 0 Å². The van der Waals surface area contributed by atoms with Crippen molar-refractivity contribution in [3.8, 4) is 0 Å². The number of halogens is 1. The average molecular weight is 516 g/mol. The van der Waals surface area contributed by atoms with E-state index in [9.17, 15) is 14.4 Å². The van der Waals surface area contributed by atoms with Crippen LogP contribution in [0, 0.1) is 11.8 Å². The first-order chi connectivity index (χ1) is 17.4. The molecule has 0 saturated carbocycles. The largest absolute Gasteiger partial charge is 0.450 e. The van der Waals surface area contributed by atoms with E-state index >= 15 is 0 Å². The van der Waals surface area contributed by atoms with Gasteiger partial charge in [-0.05, 0) is 75.5 Å². The fourth-order valence-corrected chi connectivity index (χ4v) is 6.15. The van der Waals surface area contributed by atoms with Crippen LogP contribution in [-0.4, -0.2) is 65.4 Å². The van der Waals surface area contributed by atoms with Gasteiger partial charge in [-0.3, -0.25) is 24.3 Å². The highest BCUT2D eigenvalue weighted by atomic mass is 19.0. The van der Waals surface area contributed by atoms with Gasteiger partial charge in [0, 0.05) is 50.7 Å². The zero-order valence-corrected chi connectivity index (χ0v) is 21.8. The highest BCUT2D eigenvalue weighted by molar-refractivity contribution is 6.02. The van der Waals surface area contributed by atoms with Crippen LogP contribution in [0.15, 0.2) is 18.2 Å². The van der Waals surface area contributed by atoms with E-state index in [4.69, 9.17) is 4.74 Å². The van der Waals surface area contributed by atoms with Gasteiger partial charge in [0.15, 0.2) is 0 Å². The summed E-state index contributed by atoms with van der Waals surface area (Å²) in [4.78, 5) is 40.2. The van der Waals surface area contributed by atoms with E-state index in [2.05, 4.69) is 33.5 Å². The molecule has 10 heteroatoms. The number of rotatable bonds is 5. The molecular formula is C27H38FN5O4. The molecule has 4 heterocycles. The SMILES string of the molecule is CCOC(=O)N1CCC(CC2CCN(c3ccc4c(C5CCC(=O)NC5=O)nn(C)c4c3)CC2)CC1.F. The number of hydrogen-bond donors (Lipinski definition) is 1. The lowest BCUT2D eigenvalue weighted by Gasteiger charge is -2.37. The smallest absolute Gasteiger partial charge is 0.409 e. The van der Waals surface area contributed by atoms with E-state index in [0.717, 1.165) is 61.5 Å². The summed E-state index contributed by atoms with van der Waals surface area (Å²) < 4.78 is 7.00. The molecule has 5 rings (SSSR count). The molecule has 0 spiro atoms. The maximum Gasteiger partial charge on any atom is 0.409 e. The van der Waals surface area contributed by atoms with Gasteiger partial charge in [0.2, 0.25) is 11.8 Å². The van der Waals surface area contributed by atoms with Gasteiger partial charge < -0.3 is 14.5 Å². The summed E-state index contributed by atoms with van der Waals surface area (Å²) in [7, 11) is 1.92. The molecule has 0 bridgehead atoms. The number of benzene rings is 1. The number of nitrogens with zero attached hydrogens (tertiary/aromatic N) is 4. The Morgan fingerprint density at radius 2 is 1.73 bits per heavy atom. The topological polar surface area (TPSA) is 96.8 Å². The normalized spacial score (nSPS) is 21.6. The Labute approximate surface area is 216 Å². The molecule has 0 aliphatic carbocycles. The lowest BCUT2D eigenvalue weighted by atomic mass is 9.83. The number of anilines is 1. The van der Waals surface area contributed by atoms with Crippen molar-refractivity contribution in [3.05, 3.63) is 23.9 Å². The van der Waals surface area contributed by atoms with Gasteiger partial charge in [0.05, 0.1) is 23.7 Å². The predicted molar refractivity (Wildman–Crippen MR) is 139 cm³/mol. The van der Waals surface area contributed by atoms with Gasteiger partial charge in [-0.15, -0.1) is 0 Å². The molecule has 3 amide bonds. The standard InChI is InChI=1S/C27H37N5O4.FH/c1-3-36-27(35)32-14-10-19(11-15-32)16-18-8-12-31(13-9-18)20-4-5-21-23(17-20)30(2)29-25(21)22-6-7-24(33)28-26(22)34;/h4-5,17-19,22H,3,6-16H2,1-2H3,(H,28,33,34);1H. The lowest BCUT2D eigenvalue weighted by molar-refractivity contribution is -0.134. The third-order valence-electron chi connectivity index (χ3n) is 8.22. The summed E-state index contributed by atoms with van der Waals surface area (Å²) >= 11 is 0. The molecule has 3 aliphatic heterocycles. The molecule has 1 unspecified atom stereocenters. The van der Waals surface area contributed by atoms with Gasteiger partial charge >= 0.3 is 6.09 Å². The molecule has 202 valence electrons. The second-order valence-corrected chi connectivity index (χ2v) is 10.5. The Morgan fingerprint density at radius 1 is 1.05 bits per heavy atom. The number of piperidine rings is 3. The minimum Gasteiger partial charge on any atom is -0.450 e. The van der Waals surface area contributed by atoms with Crippen LogP contribution in [0.2, 0.25) is 0 Å². The van der Waals surface area contributed by atoms with Crippen molar-refractivity contribution in [2.75, 3.05) is 37.7 Å². The Morgan fingerprint density at radius 3 is 2.38 bits per heavy atom. The molecule has 0 radical (unpaired) electrons. The number of carbonyl (C=O) groups is 3. The quantitative estimate of drug-likeness (QED) is 0.610. The fourth-order valence-electron chi connectivity index (χ4n) is 6.15. The van der Waals surface area contributed by atoms with Gasteiger partial charge in [-0.2, -0.15) is 5.10 Å². The maximum atomic E-state index is 12.4. The molecule has 1 atom stereocenters. The third kappa shape index (κ3) is 5.72. The summed E-state index contributed by atoms with van der Waals surface area (Å²) in [6.07, 6.45) is 6.46. The van der Waals surface area contributed by atoms with Crippen molar-refractivity contribution in [1.29, 1.82) is 0 Å². The van der Waals surface area contributed by atoms with Crippen LogP contribution in [0.1, 0.15) is 63.5 Å². The van der Waals surface area contributed by atoms with E-state index in [1.165, 1.54) is 24.9 Å². The molecule has 2 aromatic rings. The molecule has 9 nitrogen and oxygen atoms in total. The first-order valence-electron chi connectivity index (χ1n) is 13.4. The Balaban J connectivity index is 0.00000320. The average Bonchev–Trinajstić information content (AvgIpc) is 3.20. The second kappa shape index (κ2) is 11.5. The van der Waals surface area contributed by atoms with Crippen LogP contribution in [0.4, 0.5) is 15.2 Å². The van der Waals surface area contributed by atoms with E-state index in [0.29, 0.717) is 25.4 Å². The zero-order valence-electron chi connectivity index (χ0n) is 21.8. The first-order valence-corrected chi connectivity index (χ1v) is 13.4. The number of carbonyl (C=O) groups excluding carboxylic acids is 3. The van der Waals surface area contributed by atoms with Crippen LogP contribution in [0.25, 0.3) is 10.9 Å². The third-order valence-corrected chi connectivity index (χ3v) is 8.22. The van der Waals surface area contributed by atoms with Gasteiger partial charge in [0.1, 0.15) is 0 Å². The summed E-state index contributed by atoms with van der Waals surface area (Å²) in [6, 6.07) is 6.41. The molecule has 1 aromatic heterocycles. The first kappa shape index (κ1) is 26.9. The van der Waals surface area contributed by atoms with Crippen molar-refractivity contribution in [2.24, 2.45) is 18.9 Å². The molecule has 3 saturated heterocycles. The number of nitrogens with one attached hydrogen (secondary N) is 1. The lowest BCUT2D eigenvalue weighted by Crippen LogP contribution is -2.40. The van der Waals surface area contributed by atoms with Crippen molar-refractivity contribution < 1.29 is 23.8 Å². The molecule has 37 heavy (non-hydrogen) atoms. The van der Waals surface area contributed by atoms with Crippen LogP contribution in [0.5, 0.6) is 0 Å². The van der Waals surface area contributed by atoms with Crippen molar-refractivity contribution in [1.82, 2.24) is 20.0 Å². The molecular weight excluding hydrogens is 477 g/mol. The second-order valence-electron chi connectivity index (χ2n) is 10.5. The molecule has 3 fully saturated rings. The minimum absolute atomic E-state index is 0. The van der Waals surface area contributed by atoms with Gasteiger partial charge in [0.25, 0.3) is 0 Å². The number of aromatic nitrogens is 2. The predicted octanol–water partition coefficient (Wildman–Crippen LogP) is 3.72. The molecule has 3 aliphatic rings. The van der Waals surface area contributed by atoms with Crippen molar-refractivity contribution >= 4 is 34.5 Å². The zero-order chi connectivity index (χ0) is 25.2. The fraction of sp³-hybridized carbons (Fsp3) is 0.630. The van der Waals surface area contributed by atoms with Gasteiger partial charge in [-0.25, -0.2) is 4.79 Å². The summed E-state index contributed by atoms with van der Waals surface area (Å²) in [6.45, 7) is 5.99. The van der Waals surface area contributed by atoms with Crippen LogP contribution in [0.3, 0.4) is 0 Å². The summed E-state index contributed by atoms with van der Waals surface area (Å²) in [5.41, 5.74) is 2.97. The summed E-state index contributed by atoms with van der Waals surface area (Å²) in [5, 5.41) is 8.11. The number of likely N-dealkylation sites (tertiary alicyclic amines) is 1. The summed E-state index contributed by atoms with van der Waals surface area (Å²) in [5.74, 6) is 0.606. The van der Waals surface area contributed by atoms with Crippen LogP contribution in [-0.2, 0) is 21.4 Å². The van der Waals surface area contributed by atoms with E-state index in [1.807, 2.05) is 23.6 Å². The van der Waals surface area contributed by atoms with Gasteiger partial charge in [-0.1, -0.05) is 0 Å². The van der Waals surface area contributed by atoms with E-state index in [1.54, 1.807) is 0 Å². The highest BCUT2D eigenvalue weighted by Gasteiger charge is 2.32. The van der Waals surface area contributed by atoms with E-state index in [-0.39, 0.29) is 28.5 Å². The maximum absolute atomic E-state index is 12.4. The number of amides is 3. The Bertz CT molecular complexity index is 1140. The van der Waals surface area contributed by atoms with Crippen LogP contribution >= 0.6 is 0 Å². The Hall–Kier alpha value is -3.17. The number of imide groups is 1. The Kier molecular flexibility index (Phi) is 8.34. The number of hydrogen-bond acceptors (Lipinski definition) is 6.